The first-order valence-corrected chi connectivity index (χ1v) is 10.3. The van der Waals surface area contributed by atoms with E-state index in [9.17, 15) is 5.11 Å². The van der Waals surface area contributed by atoms with Crippen molar-refractivity contribution < 1.29 is 5.11 Å². The van der Waals surface area contributed by atoms with Crippen LogP contribution < -0.4 is 0 Å². The van der Waals surface area contributed by atoms with E-state index in [1.54, 1.807) is 0 Å². The van der Waals surface area contributed by atoms with Gasteiger partial charge in [-0.25, -0.2) is 0 Å². The summed E-state index contributed by atoms with van der Waals surface area (Å²) in [6.07, 6.45) is 0. The molecule has 0 radical (unpaired) electrons. The second-order valence-electron chi connectivity index (χ2n) is 11.0. The molecule has 2 atom stereocenters. The van der Waals surface area contributed by atoms with Gasteiger partial charge in [-0.3, -0.25) is 0 Å². The lowest BCUT2D eigenvalue weighted by molar-refractivity contribution is -0.173. The third-order valence-electron chi connectivity index (χ3n) is 8.97. The Labute approximate surface area is 159 Å². The molecule has 0 bridgehead atoms. The molecule has 2 unspecified atom stereocenters. The maximum absolute atomic E-state index is 11.8. The first-order valence-electron chi connectivity index (χ1n) is 9.66. The zero-order valence-corrected chi connectivity index (χ0v) is 19.7. The van der Waals surface area contributed by atoms with Gasteiger partial charge < -0.3 is 5.11 Å². The molecule has 0 aliphatic rings. The Morgan fingerprint density at radius 3 is 1.42 bits per heavy atom. The maximum Gasteiger partial charge on any atom is 0.144 e. The Kier molecular flexibility index (Phi) is 7.29. The van der Waals surface area contributed by atoms with Crippen LogP contribution in [0.4, 0.5) is 0 Å². The molecular weight excluding hydrogens is 311 g/mol. The Morgan fingerprint density at radius 1 is 0.792 bits per heavy atom. The van der Waals surface area contributed by atoms with Gasteiger partial charge in [-0.2, -0.15) is 12.6 Å². The monoisotopic (exact) mass is 356 g/mol. The first kappa shape index (κ1) is 24.4. The van der Waals surface area contributed by atoms with Gasteiger partial charge in [0.05, 0.1) is 0 Å². The quantitative estimate of drug-likeness (QED) is 0.448. The zero-order chi connectivity index (χ0) is 19.9. The molecule has 0 aromatic heterocycles. The fourth-order valence-corrected chi connectivity index (χ4v) is 5.15. The number of hydrogen-bond donors (Lipinski definition) is 2. The van der Waals surface area contributed by atoms with Gasteiger partial charge in [-0.15, -0.1) is 0 Å². The van der Waals surface area contributed by atoms with E-state index < -0.39 is 5.50 Å². The normalized spacial score (nSPS) is 18.8. The molecule has 0 rings (SSSR count). The third-order valence-corrected chi connectivity index (χ3v) is 9.33. The average Bonchev–Trinajstić information content (AvgIpc) is 2.37. The van der Waals surface area contributed by atoms with Crippen molar-refractivity contribution in [3.63, 3.8) is 0 Å². The zero-order valence-electron chi connectivity index (χ0n) is 18.8. The van der Waals surface area contributed by atoms with Gasteiger partial charge in [0.15, 0.2) is 0 Å². The molecule has 0 saturated heterocycles. The molecular formula is C21H45BOS. The van der Waals surface area contributed by atoms with Crippen molar-refractivity contribution in [2.75, 3.05) is 5.75 Å². The number of hydrogen-bond acceptors (Lipinski definition) is 2. The van der Waals surface area contributed by atoms with Crippen LogP contribution in [0.25, 0.3) is 0 Å². The van der Waals surface area contributed by atoms with Crippen LogP contribution in [0, 0.1) is 39.4 Å². The van der Waals surface area contributed by atoms with Crippen molar-refractivity contribution in [3.8, 4) is 0 Å². The molecule has 1 nitrogen and oxygen atoms in total. The molecule has 0 aromatic rings. The number of thiol groups is 1. The van der Waals surface area contributed by atoms with Crippen molar-refractivity contribution in [1.82, 2.24) is 0 Å². The van der Waals surface area contributed by atoms with Gasteiger partial charge in [-0.1, -0.05) is 83.1 Å². The van der Waals surface area contributed by atoms with Crippen LogP contribution in [-0.2, 0) is 0 Å². The summed E-state index contributed by atoms with van der Waals surface area (Å²) in [5, 5.41) is 11.8. The third kappa shape index (κ3) is 3.59. The Hall–Kier alpha value is 0.375. The van der Waals surface area contributed by atoms with E-state index in [0.717, 1.165) is 5.75 Å². The van der Waals surface area contributed by atoms with E-state index in [4.69, 9.17) is 12.6 Å². The van der Waals surface area contributed by atoms with Crippen LogP contribution in [0.2, 0.25) is 0 Å². The average molecular weight is 356 g/mol. The summed E-state index contributed by atoms with van der Waals surface area (Å²) in [6.45, 7) is 27.3. The van der Waals surface area contributed by atoms with E-state index in [1.807, 2.05) is 7.85 Å². The molecule has 0 amide bonds. The lowest BCUT2D eigenvalue weighted by Crippen LogP contribution is -2.65. The summed E-state index contributed by atoms with van der Waals surface area (Å²) < 4.78 is 0. The minimum atomic E-state index is -0.800. The van der Waals surface area contributed by atoms with Crippen LogP contribution in [0.15, 0.2) is 0 Å². The lowest BCUT2D eigenvalue weighted by atomic mass is 9.40. The second-order valence-corrected chi connectivity index (χ2v) is 11.4. The lowest BCUT2D eigenvalue weighted by Gasteiger charge is -2.63. The standard InChI is InChI=1S/C21H45BOS/c1-14(2)17(5,6)16(13-24)19(9,10)20(11,12)21(22,23)18(7,8)15(3)4/h14-16,23-24H,13,22H2,1-12H3. The summed E-state index contributed by atoms with van der Waals surface area (Å²) in [5.41, 5.74) is -1.17. The Bertz CT molecular complexity index is 420. The maximum atomic E-state index is 11.8. The number of aliphatic hydroxyl groups is 1. The molecule has 0 heterocycles. The molecule has 0 saturated carbocycles. The summed E-state index contributed by atoms with van der Waals surface area (Å²) in [6, 6.07) is 0. The minimum Gasteiger partial charge on any atom is -0.398 e. The van der Waals surface area contributed by atoms with Crippen molar-refractivity contribution in [2.24, 2.45) is 39.4 Å². The Morgan fingerprint density at radius 2 is 1.17 bits per heavy atom. The summed E-state index contributed by atoms with van der Waals surface area (Å²) in [5.74, 6) is 2.19. The Balaban J connectivity index is 6.25. The highest BCUT2D eigenvalue weighted by atomic mass is 32.1. The molecule has 0 aliphatic heterocycles. The second kappa shape index (κ2) is 7.18. The van der Waals surface area contributed by atoms with E-state index in [0.29, 0.717) is 17.8 Å². The van der Waals surface area contributed by atoms with Crippen LogP contribution in [0.3, 0.4) is 0 Å². The highest BCUT2D eigenvalue weighted by molar-refractivity contribution is 7.80. The van der Waals surface area contributed by atoms with Crippen LogP contribution in [-0.4, -0.2) is 24.2 Å². The van der Waals surface area contributed by atoms with Crippen LogP contribution >= 0.6 is 12.6 Å². The van der Waals surface area contributed by atoms with Gasteiger partial charge in [0.25, 0.3) is 0 Å². The van der Waals surface area contributed by atoms with Crippen molar-refractivity contribution in [1.29, 1.82) is 0 Å². The van der Waals surface area contributed by atoms with E-state index in [1.165, 1.54) is 0 Å². The van der Waals surface area contributed by atoms with Gasteiger partial charge in [0.2, 0.25) is 0 Å². The summed E-state index contributed by atoms with van der Waals surface area (Å²) in [7, 11) is 2.05. The van der Waals surface area contributed by atoms with Crippen molar-refractivity contribution in [3.05, 3.63) is 0 Å². The van der Waals surface area contributed by atoms with E-state index in [2.05, 4.69) is 83.1 Å². The van der Waals surface area contributed by atoms with E-state index in [-0.39, 0.29) is 21.7 Å². The van der Waals surface area contributed by atoms with Crippen LogP contribution in [0.5, 0.6) is 0 Å². The molecule has 0 aromatic carbocycles. The first-order chi connectivity index (χ1) is 10.3. The smallest absolute Gasteiger partial charge is 0.144 e. The highest BCUT2D eigenvalue weighted by Crippen LogP contribution is 2.60. The van der Waals surface area contributed by atoms with Crippen LogP contribution in [0.1, 0.15) is 83.1 Å². The fraction of sp³-hybridized carbons (Fsp3) is 1.00. The molecule has 0 fully saturated rings. The van der Waals surface area contributed by atoms with Crippen molar-refractivity contribution >= 4 is 20.5 Å². The van der Waals surface area contributed by atoms with Gasteiger partial charge in [0, 0.05) is 5.50 Å². The SMILES string of the molecule is BC(O)(C(C)(C)C(C)C)C(C)(C)C(C)(C)C(CS)C(C)(C)C(C)C. The predicted molar refractivity (Wildman–Crippen MR) is 116 cm³/mol. The molecule has 3 heteroatoms. The largest absolute Gasteiger partial charge is 0.398 e. The summed E-state index contributed by atoms with van der Waals surface area (Å²) in [4.78, 5) is 0. The molecule has 144 valence electrons. The summed E-state index contributed by atoms with van der Waals surface area (Å²) >= 11 is 4.76. The molecule has 0 aliphatic carbocycles. The minimum absolute atomic E-state index is 0.0712. The topological polar surface area (TPSA) is 20.2 Å². The molecule has 0 spiro atoms. The van der Waals surface area contributed by atoms with Gasteiger partial charge in [-0.05, 0) is 45.2 Å². The molecule has 24 heavy (non-hydrogen) atoms. The number of rotatable bonds is 8. The van der Waals surface area contributed by atoms with Gasteiger partial charge in [0.1, 0.15) is 7.85 Å². The fourth-order valence-electron chi connectivity index (χ4n) is 4.23. The van der Waals surface area contributed by atoms with Gasteiger partial charge >= 0.3 is 0 Å². The predicted octanol–water partition coefficient (Wildman–Crippen LogP) is 5.27. The van der Waals surface area contributed by atoms with E-state index >= 15 is 0 Å². The molecule has 1 N–H and O–H groups in total. The van der Waals surface area contributed by atoms with Crippen molar-refractivity contribution in [2.45, 2.75) is 88.6 Å². The highest BCUT2D eigenvalue weighted by Gasteiger charge is 2.60.